The van der Waals surface area contributed by atoms with Crippen molar-refractivity contribution >= 4 is 60.4 Å². The highest BCUT2D eigenvalue weighted by molar-refractivity contribution is 6.13. The summed E-state index contributed by atoms with van der Waals surface area (Å²) in [5.74, 6) is 0. The first-order chi connectivity index (χ1) is 28.8. The summed E-state index contributed by atoms with van der Waals surface area (Å²) in [5.41, 5.74) is 14.1. The standard InChI is InChI=1S/C56H38N2/c1-2-13-39(14-3-1)40-25-31-46(32-26-40)57(54-23-10-8-20-51(54)50-22-12-18-43-15-6-7-19-49(43)50)47-33-27-41(28-34-47)42-29-35-48(36-30-42)58-55-24-11-9-21-52(55)53-37-44-16-4-5-17-45(44)38-56(53)58/h1-38H. The second-order valence-electron chi connectivity index (χ2n) is 15.0. The molecule has 0 saturated heterocycles. The Morgan fingerprint density at radius 3 is 1.50 bits per heavy atom. The first kappa shape index (κ1) is 33.6. The van der Waals surface area contributed by atoms with Crippen molar-refractivity contribution in [3.8, 4) is 39.1 Å². The first-order valence-electron chi connectivity index (χ1n) is 19.9. The molecule has 11 aromatic rings. The summed E-state index contributed by atoms with van der Waals surface area (Å²) in [5, 5.41) is 7.52. The minimum Gasteiger partial charge on any atom is -0.310 e. The third-order valence-corrected chi connectivity index (χ3v) is 11.6. The van der Waals surface area contributed by atoms with Crippen LogP contribution in [0.3, 0.4) is 0 Å². The molecule has 0 fully saturated rings. The molecule has 11 rings (SSSR count). The molecule has 58 heavy (non-hydrogen) atoms. The number of hydrogen-bond donors (Lipinski definition) is 0. The lowest BCUT2D eigenvalue weighted by molar-refractivity contribution is 1.18. The van der Waals surface area contributed by atoms with Crippen molar-refractivity contribution in [1.82, 2.24) is 4.57 Å². The summed E-state index contributed by atoms with van der Waals surface area (Å²) in [6.07, 6.45) is 0. The fourth-order valence-corrected chi connectivity index (χ4v) is 8.76. The highest BCUT2D eigenvalue weighted by Gasteiger charge is 2.19. The van der Waals surface area contributed by atoms with Gasteiger partial charge in [0, 0.05) is 33.4 Å². The number of aromatic nitrogens is 1. The van der Waals surface area contributed by atoms with E-state index in [0.717, 1.165) is 22.7 Å². The maximum absolute atomic E-state index is 2.40. The molecule has 0 N–H and O–H groups in total. The van der Waals surface area contributed by atoms with Crippen LogP contribution in [0.4, 0.5) is 17.1 Å². The van der Waals surface area contributed by atoms with E-state index < -0.39 is 0 Å². The van der Waals surface area contributed by atoms with E-state index in [1.165, 1.54) is 76.7 Å². The molecule has 1 aromatic heterocycles. The number of hydrogen-bond acceptors (Lipinski definition) is 1. The molecule has 10 aromatic carbocycles. The van der Waals surface area contributed by atoms with E-state index in [4.69, 9.17) is 0 Å². The molecule has 0 unspecified atom stereocenters. The van der Waals surface area contributed by atoms with Crippen molar-refractivity contribution in [2.24, 2.45) is 0 Å². The zero-order valence-electron chi connectivity index (χ0n) is 31.8. The van der Waals surface area contributed by atoms with E-state index in [0.29, 0.717) is 0 Å². The highest BCUT2D eigenvalue weighted by atomic mass is 15.1. The Hall–Kier alpha value is -7.68. The van der Waals surface area contributed by atoms with Crippen molar-refractivity contribution in [3.05, 3.63) is 231 Å². The van der Waals surface area contributed by atoms with Gasteiger partial charge in [-0.15, -0.1) is 0 Å². The topological polar surface area (TPSA) is 8.17 Å². The van der Waals surface area contributed by atoms with Crippen LogP contribution < -0.4 is 4.90 Å². The van der Waals surface area contributed by atoms with Gasteiger partial charge >= 0.3 is 0 Å². The predicted octanol–water partition coefficient (Wildman–Crippen LogP) is 15.6. The van der Waals surface area contributed by atoms with E-state index in [1.807, 2.05) is 0 Å². The molecule has 2 heteroatoms. The number of nitrogens with zero attached hydrogens (tertiary/aromatic N) is 2. The molecule has 272 valence electrons. The SMILES string of the molecule is c1ccc(-c2ccc(N(c3ccc(-c4ccc(-n5c6ccccc6c6cc7ccccc7cc65)cc4)cc3)c3ccccc3-c3cccc4ccccc34)cc2)cc1. The van der Waals surface area contributed by atoms with Gasteiger partial charge in [0.2, 0.25) is 0 Å². The van der Waals surface area contributed by atoms with Gasteiger partial charge in [0.05, 0.1) is 16.7 Å². The Labute approximate surface area is 338 Å². The van der Waals surface area contributed by atoms with E-state index >= 15 is 0 Å². The van der Waals surface area contributed by atoms with Gasteiger partial charge in [0.1, 0.15) is 0 Å². The number of rotatable bonds is 7. The molecule has 0 saturated carbocycles. The zero-order chi connectivity index (χ0) is 38.4. The lowest BCUT2D eigenvalue weighted by atomic mass is 9.96. The van der Waals surface area contributed by atoms with Crippen LogP contribution in [0.2, 0.25) is 0 Å². The molecular formula is C56H38N2. The average molecular weight is 739 g/mol. The molecule has 0 radical (unpaired) electrons. The van der Waals surface area contributed by atoms with E-state index in [2.05, 4.69) is 240 Å². The normalized spacial score (nSPS) is 11.4. The van der Waals surface area contributed by atoms with Crippen LogP contribution in [0.15, 0.2) is 231 Å². The quantitative estimate of drug-likeness (QED) is 0.158. The minimum atomic E-state index is 1.10. The summed E-state index contributed by atoms with van der Waals surface area (Å²) >= 11 is 0. The Morgan fingerprint density at radius 1 is 0.293 bits per heavy atom. The molecule has 0 amide bonds. The second kappa shape index (κ2) is 14.1. The van der Waals surface area contributed by atoms with Gasteiger partial charge in [0.25, 0.3) is 0 Å². The van der Waals surface area contributed by atoms with Crippen molar-refractivity contribution in [3.63, 3.8) is 0 Å². The van der Waals surface area contributed by atoms with Crippen LogP contribution >= 0.6 is 0 Å². The van der Waals surface area contributed by atoms with Gasteiger partial charge in [-0.05, 0) is 110 Å². The second-order valence-corrected chi connectivity index (χ2v) is 15.0. The van der Waals surface area contributed by atoms with Crippen LogP contribution in [0, 0.1) is 0 Å². The fraction of sp³-hybridized carbons (Fsp3) is 0. The third kappa shape index (κ3) is 5.82. The highest BCUT2D eigenvalue weighted by Crippen LogP contribution is 2.43. The largest absolute Gasteiger partial charge is 0.310 e. The summed E-state index contributed by atoms with van der Waals surface area (Å²) in [4.78, 5) is 2.39. The minimum absolute atomic E-state index is 1.10. The molecule has 0 aliphatic heterocycles. The molecule has 2 nitrogen and oxygen atoms in total. The molecule has 0 aliphatic rings. The van der Waals surface area contributed by atoms with Gasteiger partial charge in [0.15, 0.2) is 0 Å². The maximum atomic E-state index is 2.40. The van der Waals surface area contributed by atoms with Crippen molar-refractivity contribution in [2.45, 2.75) is 0 Å². The van der Waals surface area contributed by atoms with Crippen LogP contribution in [0.1, 0.15) is 0 Å². The van der Waals surface area contributed by atoms with Gasteiger partial charge < -0.3 is 9.47 Å². The van der Waals surface area contributed by atoms with E-state index in [9.17, 15) is 0 Å². The van der Waals surface area contributed by atoms with Gasteiger partial charge in [-0.1, -0.05) is 170 Å². The summed E-state index contributed by atoms with van der Waals surface area (Å²) in [6.45, 7) is 0. The Balaban J connectivity index is 0.991. The number of benzene rings is 10. The summed E-state index contributed by atoms with van der Waals surface area (Å²) in [7, 11) is 0. The smallest absolute Gasteiger partial charge is 0.0547 e. The third-order valence-electron chi connectivity index (χ3n) is 11.6. The van der Waals surface area contributed by atoms with Crippen molar-refractivity contribution in [2.75, 3.05) is 4.90 Å². The molecule has 0 spiro atoms. The zero-order valence-corrected chi connectivity index (χ0v) is 31.8. The predicted molar refractivity (Wildman–Crippen MR) is 247 cm³/mol. The number of fused-ring (bicyclic) bond motifs is 5. The lowest BCUT2D eigenvalue weighted by Gasteiger charge is -2.28. The lowest BCUT2D eigenvalue weighted by Crippen LogP contribution is -2.11. The van der Waals surface area contributed by atoms with Gasteiger partial charge in [-0.25, -0.2) is 0 Å². The molecular weight excluding hydrogens is 701 g/mol. The molecule has 0 bridgehead atoms. The van der Waals surface area contributed by atoms with Gasteiger partial charge in [-0.3, -0.25) is 0 Å². The molecule has 1 heterocycles. The Morgan fingerprint density at radius 2 is 0.793 bits per heavy atom. The maximum Gasteiger partial charge on any atom is 0.0547 e. The molecule has 0 atom stereocenters. The number of anilines is 3. The van der Waals surface area contributed by atoms with Crippen LogP contribution in [0.5, 0.6) is 0 Å². The summed E-state index contributed by atoms with van der Waals surface area (Å²) < 4.78 is 2.40. The Bertz CT molecular complexity index is 3240. The number of para-hydroxylation sites is 2. The van der Waals surface area contributed by atoms with Crippen molar-refractivity contribution < 1.29 is 0 Å². The van der Waals surface area contributed by atoms with E-state index in [1.54, 1.807) is 0 Å². The monoisotopic (exact) mass is 738 g/mol. The van der Waals surface area contributed by atoms with Crippen molar-refractivity contribution in [1.29, 1.82) is 0 Å². The summed E-state index contributed by atoms with van der Waals surface area (Å²) in [6, 6.07) is 83.6. The average Bonchev–Trinajstić information content (AvgIpc) is 3.62. The Kier molecular flexibility index (Phi) is 8.19. The van der Waals surface area contributed by atoms with Gasteiger partial charge in [-0.2, -0.15) is 0 Å². The van der Waals surface area contributed by atoms with Crippen LogP contribution in [-0.2, 0) is 0 Å². The van der Waals surface area contributed by atoms with Crippen LogP contribution in [-0.4, -0.2) is 4.57 Å². The van der Waals surface area contributed by atoms with E-state index in [-0.39, 0.29) is 0 Å². The van der Waals surface area contributed by atoms with Crippen LogP contribution in [0.25, 0.3) is 82.4 Å². The first-order valence-corrected chi connectivity index (χ1v) is 19.9. The molecule has 0 aliphatic carbocycles. The fourth-order valence-electron chi connectivity index (χ4n) is 8.76.